The molecule has 7 nitrogen and oxygen atoms in total. The Kier molecular flexibility index (Phi) is 5.89. The number of anilines is 1. The summed E-state index contributed by atoms with van der Waals surface area (Å²) in [4.78, 5) is 26.6. The molecule has 0 unspecified atom stereocenters. The first-order valence-electron chi connectivity index (χ1n) is 8.80. The zero-order chi connectivity index (χ0) is 21.1. The van der Waals surface area contributed by atoms with Gasteiger partial charge in [-0.3, -0.25) is 14.2 Å². The van der Waals surface area contributed by atoms with Crippen LogP contribution in [0.2, 0.25) is 0 Å². The van der Waals surface area contributed by atoms with E-state index in [9.17, 15) is 14.9 Å². The van der Waals surface area contributed by atoms with Gasteiger partial charge in [-0.25, -0.2) is 0 Å². The Morgan fingerprint density at radius 1 is 1.28 bits per heavy atom. The molecule has 29 heavy (non-hydrogen) atoms. The summed E-state index contributed by atoms with van der Waals surface area (Å²) in [6.07, 6.45) is 3.45. The summed E-state index contributed by atoms with van der Waals surface area (Å²) in [5, 5.41) is 12.4. The number of furan rings is 1. The molecule has 8 heteroatoms. The smallest absolute Gasteiger partial charge is 0.259 e. The molecule has 0 aliphatic heterocycles. The number of carbonyl (C=O) groups is 2. The molecule has 0 aliphatic rings. The van der Waals surface area contributed by atoms with E-state index in [2.05, 4.69) is 21.2 Å². The third-order valence-electron chi connectivity index (χ3n) is 4.42. The summed E-state index contributed by atoms with van der Waals surface area (Å²) in [5.41, 5.74) is 1.87. The Bertz CT molecular complexity index is 1110. The summed E-state index contributed by atoms with van der Waals surface area (Å²) in [6, 6.07) is 11.1. The van der Waals surface area contributed by atoms with Crippen molar-refractivity contribution >= 4 is 33.4 Å². The Morgan fingerprint density at radius 2 is 1.97 bits per heavy atom. The van der Waals surface area contributed by atoms with Gasteiger partial charge in [-0.05, 0) is 49.7 Å². The van der Waals surface area contributed by atoms with Crippen LogP contribution < -0.4 is 5.32 Å². The fourth-order valence-electron chi connectivity index (χ4n) is 2.98. The van der Waals surface area contributed by atoms with Crippen LogP contribution in [0.5, 0.6) is 0 Å². The maximum atomic E-state index is 12.9. The summed E-state index contributed by atoms with van der Waals surface area (Å²) < 4.78 is 8.21. The first-order chi connectivity index (χ1) is 13.8. The second kappa shape index (κ2) is 8.37. The van der Waals surface area contributed by atoms with E-state index < -0.39 is 5.91 Å². The van der Waals surface area contributed by atoms with E-state index in [0.717, 1.165) is 10.0 Å². The van der Waals surface area contributed by atoms with E-state index in [4.69, 9.17) is 4.42 Å². The van der Waals surface area contributed by atoms with Crippen LogP contribution in [-0.4, -0.2) is 34.9 Å². The topological polar surface area (TPSA) is 91.3 Å². The zero-order valence-electron chi connectivity index (χ0n) is 16.2. The number of aryl methyl sites for hydroxylation is 2. The molecule has 0 fully saturated rings. The van der Waals surface area contributed by atoms with Gasteiger partial charge in [0.25, 0.3) is 5.91 Å². The highest BCUT2D eigenvalue weighted by Gasteiger charge is 2.27. The Hall–Kier alpha value is -3.31. The highest BCUT2D eigenvalue weighted by molar-refractivity contribution is 9.10. The highest BCUT2D eigenvalue weighted by atomic mass is 79.9. The maximum absolute atomic E-state index is 12.9. The van der Waals surface area contributed by atoms with Gasteiger partial charge in [-0.2, -0.15) is 5.26 Å². The van der Waals surface area contributed by atoms with Crippen LogP contribution in [0.4, 0.5) is 5.69 Å². The van der Waals surface area contributed by atoms with E-state index in [1.54, 1.807) is 42.1 Å². The molecule has 148 valence electrons. The van der Waals surface area contributed by atoms with Gasteiger partial charge in [0.1, 0.15) is 23.0 Å². The third kappa shape index (κ3) is 4.25. The largest absolute Gasteiger partial charge is 0.443 e. The lowest BCUT2D eigenvalue weighted by Crippen LogP contribution is -2.35. The van der Waals surface area contributed by atoms with Crippen LogP contribution in [-0.2, 0) is 4.79 Å². The molecule has 0 bridgehead atoms. The van der Waals surface area contributed by atoms with Crippen LogP contribution >= 0.6 is 15.9 Å². The first kappa shape index (κ1) is 20.4. The zero-order valence-corrected chi connectivity index (χ0v) is 17.8. The minimum absolute atomic E-state index is 0.139. The fourth-order valence-corrected chi connectivity index (χ4v) is 3.45. The molecule has 0 atom stereocenters. The van der Waals surface area contributed by atoms with Crippen molar-refractivity contribution in [3.05, 3.63) is 69.6 Å². The Labute approximate surface area is 176 Å². The molecule has 2 heterocycles. The van der Waals surface area contributed by atoms with E-state index in [0.29, 0.717) is 11.4 Å². The quantitative estimate of drug-likeness (QED) is 0.629. The number of amides is 2. The number of halogens is 1. The number of nitrogens with one attached hydrogen (secondary N) is 1. The van der Waals surface area contributed by atoms with Crippen LogP contribution in [0.1, 0.15) is 27.2 Å². The third-order valence-corrected chi connectivity index (χ3v) is 4.91. The number of benzene rings is 1. The van der Waals surface area contributed by atoms with Crippen molar-refractivity contribution in [1.82, 2.24) is 9.47 Å². The number of nitrogens with zero attached hydrogens (tertiary/aromatic N) is 3. The average molecular weight is 455 g/mol. The fraction of sp³-hybridized carbons (Fsp3) is 0.190. The summed E-state index contributed by atoms with van der Waals surface area (Å²) in [5.74, 6) is -0.187. The average Bonchev–Trinajstić information content (AvgIpc) is 3.30. The van der Waals surface area contributed by atoms with Gasteiger partial charge in [0.2, 0.25) is 11.8 Å². The lowest BCUT2D eigenvalue weighted by Gasteiger charge is -2.17. The summed E-state index contributed by atoms with van der Waals surface area (Å²) in [7, 11) is 1.51. The van der Waals surface area contributed by atoms with Crippen molar-refractivity contribution in [1.29, 1.82) is 5.26 Å². The van der Waals surface area contributed by atoms with E-state index >= 15 is 0 Å². The monoisotopic (exact) mass is 454 g/mol. The van der Waals surface area contributed by atoms with Crippen LogP contribution in [0.15, 0.2) is 51.6 Å². The molecule has 3 aromatic rings. The number of likely N-dealkylation sites (N-methyl/N-ethyl adjacent to an activating group) is 1. The number of aromatic nitrogens is 1. The van der Waals surface area contributed by atoms with Crippen molar-refractivity contribution < 1.29 is 14.0 Å². The van der Waals surface area contributed by atoms with Crippen molar-refractivity contribution in [2.75, 3.05) is 18.9 Å². The SMILES string of the molecule is Cc1cc(Br)ccc1NC(=O)CN(C)C(=O)c1c(C)oc(-n2cccc2)c1C#N. The normalized spacial score (nSPS) is 10.4. The Morgan fingerprint density at radius 3 is 2.59 bits per heavy atom. The molecular formula is C21H19BrN4O3. The number of nitriles is 1. The summed E-state index contributed by atoms with van der Waals surface area (Å²) in [6.45, 7) is 3.34. The van der Waals surface area contributed by atoms with Gasteiger partial charge >= 0.3 is 0 Å². The van der Waals surface area contributed by atoms with Gasteiger partial charge in [0.15, 0.2) is 0 Å². The number of rotatable bonds is 5. The van der Waals surface area contributed by atoms with Gasteiger partial charge in [-0.1, -0.05) is 15.9 Å². The number of carbonyl (C=O) groups excluding carboxylic acids is 2. The van der Waals surface area contributed by atoms with Gasteiger partial charge in [-0.15, -0.1) is 0 Å². The molecule has 2 aromatic heterocycles. The van der Waals surface area contributed by atoms with Crippen LogP contribution in [0.3, 0.4) is 0 Å². The molecule has 0 radical (unpaired) electrons. The van der Waals surface area contributed by atoms with Crippen molar-refractivity contribution in [3.63, 3.8) is 0 Å². The lowest BCUT2D eigenvalue weighted by molar-refractivity contribution is -0.116. The van der Waals surface area contributed by atoms with Crippen molar-refractivity contribution in [3.8, 4) is 12.0 Å². The molecule has 1 aromatic carbocycles. The van der Waals surface area contributed by atoms with Crippen LogP contribution in [0.25, 0.3) is 5.88 Å². The predicted molar refractivity (Wildman–Crippen MR) is 112 cm³/mol. The van der Waals surface area contributed by atoms with Crippen molar-refractivity contribution in [2.45, 2.75) is 13.8 Å². The second-order valence-electron chi connectivity index (χ2n) is 6.58. The first-order valence-corrected chi connectivity index (χ1v) is 9.59. The van der Waals surface area contributed by atoms with Gasteiger partial charge in [0.05, 0.1) is 6.54 Å². The van der Waals surface area contributed by atoms with Crippen molar-refractivity contribution in [2.24, 2.45) is 0 Å². The molecule has 2 amide bonds. The minimum atomic E-state index is -0.455. The second-order valence-corrected chi connectivity index (χ2v) is 7.50. The molecule has 0 saturated heterocycles. The van der Waals surface area contributed by atoms with Gasteiger partial charge < -0.3 is 14.6 Å². The standard InChI is InChI=1S/C21H19BrN4O3/c1-13-10-15(22)6-7-17(13)24-18(27)12-25(3)20(28)19-14(2)29-21(16(19)11-23)26-8-4-5-9-26/h4-10H,12H2,1-3H3,(H,24,27). The maximum Gasteiger partial charge on any atom is 0.259 e. The number of hydrogen-bond acceptors (Lipinski definition) is 4. The van der Waals surface area contributed by atoms with E-state index in [-0.39, 0.29) is 29.5 Å². The van der Waals surface area contributed by atoms with E-state index in [1.807, 2.05) is 25.1 Å². The Balaban J connectivity index is 1.78. The highest BCUT2D eigenvalue weighted by Crippen LogP contribution is 2.26. The molecule has 3 rings (SSSR count). The molecule has 1 N–H and O–H groups in total. The predicted octanol–water partition coefficient (Wildman–Crippen LogP) is 4.03. The van der Waals surface area contributed by atoms with Gasteiger partial charge in [0, 0.05) is 29.6 Å². The number of hydrogen-bond donors (Lipinski definition) is 1. The molecule has 0 spiro atoms. The molecule has 0 aliphatic carbocycles. The van der Waals surface area contributed by atoms with Crippen LogP contribution in [0, 0.1) is 25.2 Å². The lowest BCUT2D eigenvalue weighted by atomic mass is 10.1. The molecular weight excluding hydrogens is 436 g/mol. The van der Waals surface area contributed by atoms with E-state index in [1.165, 1.54) is 11.9 Å². The minimum Gasteiger partial charge on any atom is -0.443 e. The molecule has 0 saturated carbocycles. The summed E-state index contributed by atoms with van der Waals surface area (Å²) >= 11 is 3.38.